The van der Waals surface area contributed by atoms with E-state index in [4.69, 9.17) is 0 Å². The van der Waals surface area contributed by atoms with Crippen LogP contribution in [0.2, 0.25) is 0 Å². The molecule has 0 spiro atoms. The number of rotatable bonds is 22. The Morgan fingerprint density at radius 3 is 1.68 bits per heavy atom. The number of hydrogen-bond donors (Lipinski definition) is 2. The van der Waals surface area contributed by atoms with E-state index in [2.05, 4.69) is 6.92 Å². The van der Waals surface area contributed by atoms with E-state index in [9.17, 15) is 19.8 Å². The average Bonchev–Trinajstić information content (AvgIpc) is 2.88. The zero-order valence-electron chi connectivity index (χ0n) is 23.0. The summed E-state index contributed by atoms with van der Waals surface area (Å²) >= 11 is 0. The predicted molar refractivity (Wildman–Crippen MR) is 153 cm³/mol. The lowest BCUT2D eigenvalue weighted by atomic mass is 9.97. The summed E-state index contributed by atoms with van der Waals surface area (Å²) in [6, 6.07) is 12.3. The Hall–Kier alpha value is -2.40. The van der Waals surface area contributed by atoms with Crippen molar-refractivity contribution >= 4 is 22.7 Å². The van der Waals surface area contributed by atoms with E-state index in [1.807, 2.05) is 42.5 Å². The van der Waals surface area contributed by atoms with Crippen LogP contribution in [0.15, 0.2) is 42.5 Å². The van der Waals surface area contributed by atoms with Gasteiger partial charge in [-0.3, -0.25) is 14.5 Å². The first-order chi connectivity index (χ1) is 18.0. The summed E-state index contributed by atoms with van der Waals surface area (Å²) in [6.07, 6.45) is 20.4. The second kappa shape index (κ2) is 18.8. The first kappa shape index (κ1) is 30.8. The van der Waals surface area contributed by atoms with Gasteiger partial charge >= 0.3 is 11.9 Å². The summed E-state index contributed by atoms with van der Waals surface area (Å²) in [5.41, 5.74) is 0.656. The van der Waals surface area contributed by atoms with Gasteiger partial charge in [-0.1, -0.05) is 146 Å². The number of fused-ring (bicyclic) bond motifs is 1. The number of hydrogen-bond acceptors (Lipinski definition) is 3. The van der Waals surface area contributed by atoms with Crippen molar-refractivity contribution in [1.29, 1.82) is 0 Å². The lowest BCUT2D eigenvalue weighted by Gasteiger charge is -2.28. The summed E-state index contributed by atoms with van der Waals surface area (Å²) < 4.78 is 0. The van der Waals surface area contributed by atoms with E-state index in [1.54, 1.807) is 4.90 Å². The molecule has 2 N–H and O–H groups in total. The first-order valence-electron chi connectivity index (χ1n) is 14.7. The topological polar surface area (TPSA) is 77.8 Å². The molecular formula is C32H49NO4. The van der Waals surface area contributed by atoms with Crippen LogP contribution in [0.4, 0.5) is 0 Å². The van der Waals surface area contributed by atoms with Crippen molar-refractivity contribution in [3.05, 3.63) is 48.0 Å². The Morgan fingerprint density at radius 2 is 1.16 bits per heavy atom. The highest BCUT2D eigenvalue weighted by Gasteiger charge is 2.30. The highest BCUT2D eigenvalue weighted by Crippen LogP contribution is 2.29. The van der Waals surface area contributed by atoms with Crippen molar-refractivity contribution in [1.82, 2.24) is 4.90 Å². The molecule has 0 saturated carbocycles. The van der Waals surface area contributed by atoms with Crippen LogP contribution < -0.4 is 0 Å². The van der Waals surface area contributed by atoms with Crippen molar-refractivity contribution in [2.75, 3.05) is 13.1 Å². The van der Waals surface area contributed by atoms with Crippen molar-refractivity contribution < 1.29 is 19.8 Å². The monoisotopic (exact) mass is 511 g/mol. The van der Waals surface area contributed by atoms with Crippen molar-refractivity contribution in [2.24, 2.45) is 0 Å². The fourth-order valence-electron chi connectivity index (χ4n) is 5.31. The average molecular weight is 512 g/mol. The molecule has 2 aromatic rings. The van der Waals surface area contributed by atoms with Gasteiger partial charge in [0, 0.05) is 0 Å². The molecule has 0 bridgehead atoms. The molecule has 1 atom stereocenters. The number of benzene rings is 2. The molecule has 1 unspecified atom stereocenters. The van der Waals surface area contributed by atoms with Gasteiger partial charge in [-0.25, -0.2) is 0 Å². The van der Waals surface area contributed by atoms with Gasteiger partial charge in [-0.05, 0) is 29.3 Å². The van der Waals surface area contributed by atoms with Gasteiger partial charge < -0.3 is 10.2 Å². The van der Waals surface area contributed by atoms with E-state index >= 15 is 0 Å². The van der Waals surface area contributed by atoms with Crippen LogP contribution in [0, 0.1) is 0 Å². The highest BCUT2D eigenvalue weighted by atomic mass is 16.4. The molecule has 0 radical (unpaired) electrons. The van der Waals surface area contributed by atoms with E-state index in [-0.39, 0.29) is 6.54 Å². The van der Waals surface area contributed by atoms with Crippen LogP contribution in [-0.4, -0.2) is 40.1 Å². The zero-order valence-corrected chi connectivity index (χ0v) is 23.0. The second-order valence-electron chi connectivity index (χ2n) is 10.5. The summed E-state index contributed by atoms with van der Waals surface area (Å²) in [6.45, 7) is 2.45. The molecule has 2 aromatic carbocycles. The maximum absolute atomic E-state index is 12.3. The lowest BCUT2D eigenvalue weighted by molar-refractivity contribution is -0.146. The SMILES string of the molecule is CCCCCCCCCCCCCCCCCCN(CC(=O)O)C(C(=O)O)c1cccc2ccccc12. The zero-order chi connectivity index (χ0) is 26.7. The summed E-state index contributed by atoms with van der Waals surface area (Å²) in [5, 5.41) is 21.4. The Morgan fingerprint density at radius 1 is 0.676 bits per heavy atom. The molecule has 0 aromatic heterocycles. The van der Waals surface area contributed by atoms with Crippen LogP contribution in [0.5, 0.6) is 0 Å². The van der Waals surface area contributed by atoms with E-state index < -0.39 is 18.0 Å². The summed E-state index contributed by atoms with van der Waals surface area (Å²) in [7, 11) is 0. The molecule has 0 saturated heterocycles. The number of carboxylic acid groups (broad SMARTS) is 2. The predicted octanol–water partition coefficient (Wildman–Crippen LogP) is 8.61. The third kappa shape index (κ3) is 12.1. The summed E-state index contributed by atoms with van der Waals surface area (Å²) in [5.74, 6) is -2.00. The van der Waals surface area contributed by atoms with E-state index in [1.165, 1.54) is 83.5 Å². The van der Waals surface area contributed by atoms with Gasteiger partial charge in [0.15, 0.2) is 0 Å². The fourth-order valence-corrected chi connectivity index (χ4v) is 5.31. The Balaban J connectivity index is 1.68. The van der Waals surface area contributed by atoms with Crippen molar-refractivity contribution in [3.8, 4) is 0 Å². The minimum Gasteiger partial charge on any atom is -0.480 e. The second-order valence-corrected chi connectivity index (χ2v) is 10.5. The molecule has 0 aliphatic heterocycles. The third-order valence-corrected chi connectivity index (χ3v) is 7.35. The molecule has 0 aliphatic carbocycles. The van der Waals surface area contributed by atoms with Crippen molar-refractivity contribution in [2.45, 2.75) is 116 Å². The number of aliphatic carboxylic acids is 2. The molecule has 5 heteroatoms. The largest absolute Gasteiger partial charge is 0.480 e. The molecule has 0 aliphatic rings. The molecule has 37 heavy (non-hydrogen) atoms. The van der Waals surface area contributed by atoms with Gasteiger partial charge in [0.05, 0.1) is 6.54 Å². The van der Waals surface area contributed by atoms with Gasteiger partial charge in [-0.2, -0.15) is 0 Å². The standard InChI is InChI=1S/C32H49NO4/c1-2-3-4-5-6-7-8-9-10-11-12-13-14-15-16-19-25-33(26-30(34)35)31(32(36)37)29-24-20-22-27-21-17-18-23-28(27)29/h17-18,20-24,31H,2-16,19,25-26H2,1H3,(H,34,35)(H,36,37). The van der Waals surface area contributed by atoms with Crippen LogP contribution in [0.1, 0.15) is 121 Å². The number of carboxylic acids is 2. The van der Waals surface area contributed by atoms with E-state index in [0.29, 0.717) is 12.1 Å². The Kier molecular flexibility index (Phi) is 15.6. The van der Waals surface area contributed by atoms with Crippen LogP contribution in [0.25, 0.3) is 10.8 Å². The normalized spacial score (nSPS) is 12.3. The van der Waals surface area contributed by atoms with Gasteiger partial charge in [0.2, 0.25) is 0 Å². The van der Waals surface area contributed by atoms with Crippen LogP contribution in [-0.2, 0) is 9.59 Å². The van der Waals surface area contributed by atoms with Gasteiger partial charge in [0.1, 0.15) is 6.04 Å². The number of unbranched alkanes of at least 4 members (excludes halogenated alkanes) is 15. The smallest absolute Gasteiger partial charge is 0.325 e. The quantitative estimate of drug-likeness (QED) is 0.155. The van der Waals surface area contributed by atoms with Crippen molar-refractivity contribution in [3.63, 3.8) is 0 Å². The number of carbonyl (C=O) groups is 2. The maximum atomic E-state index is 12.3. The Labute approximate surface area is 224 Å². The van der Waals surface area contributed by atoms with Crippen LogP contribution >= 0.6 is 0 Å². The molecule has 0 fully saturated rings. The van der Waals surface area contributed by atoms with Crippen LogP contribution in [0.3, 0.4) is 0 Å². The minimum atomic E-state index is -1.01. The first-order valence-corrected chi connectivity index (χ1v) is 14.7. The van der Waals surface area contributed by atoms with E-state index in [0.717, 1.165) is 30.0 Å². The molecule has 0 heterocycles. The maximum Gasteiger partial charge on any atom is 0.325 e. The molecule has 5 nitrogen and oxygen atoms in total. The molecule has 206 valence electrons. The minimum absolute atomic E-state index is 0.279. The fraction of sp³-hybridized carbons (Fsp3) is 0.625. The van der Waals surface area contributed by atoms with Gasteiger partial charge in [0.25, 0.3) is 0 Å². The lowest BCUT2D eigenvalue weighted by Crippen LogP contribution is -2.38. The summed E-state index contributed by atoms with van der Waals surface area (Å²) in [4.78, 5) is 25.5. The highest BCUT2D eigenvalue weighted by molar-refractivity contribution is 5.90. The molecule has 0 amide bonds. The molecule has 2 rings (SSSR count). The van der Waals surface area contributed by atoms with Gasteiger partial charge in [-0.15, -0.1) is 0 Å². The Bertz CT molecular complexity index is 907. The number of nitrogens with zero attached hydrogens (tertiary/aromatic N) is 1. The molecular weight excluding hydrogens is 462 g/mol. The third-order valence-electron chi connectivity index (χ3n) is 7.35.